The van der Waals surface area contributed by atoms with Gasteiger partial charge in [-0.25, -0.2) is 22.9 Å². The van der Waals surface area contributed by atoms with Gasteiger partial charge in [0.25, 0.3) is 10.0 Å². The monoisotopic (exact) mass is 300 g/mol. The number of aliphatic hydroxyl groups excluding tert-OH is 1. The van der Waals surface area contributed by atoms with Crippen LogP contribution in [0.2, 0.25) is 0 Å². The van der Waals surface area contributed by atoms with Crippen LogP contribution in [0.3, 0.4) is 0 Å². The van der Waals surface area contributed by atoms with Crippen molar-refractivity contribution >= 4 is 16.0 Å². The second-order valence-electron chi connectivity index (χ2n) is 4.99. The zero-order valence-corrected chi connectivity index (χ0v) is 11.6. The van der Waals surface area contributed by atoms with E-state index in [4.69, 9.17) is 10.2 Å². The molecule has 3 N–H and O–H groups in total. The summed E-state index contributed by atoms with van der Waals surface area (Å²) in [6.45, 7) is 0.297. The number of aliphatic hydroxyl groups is 1. The summed E-state index contributed by atoms with van der Waals surface area (Å²) in [4.78, 5) is 14.3. The van der Waals surface area contributed by atoms with Crippen molar-refractivity contribution in [3.63, 3.8) is 0 Å². The van der Waals surface area contributed by atoms with E-state index >= 15 is 0 Å². The van der Waals surface area contributed by atoms with Gasteiger partial charge in [-0.3, -0.25) is 0 Å². The van der Waals surface area contributed by atoms with Crippen molar-refractivity contribution in [2.45, 2.75) is 24.3 Å². The number of aromatic nitrogens is 1. The van der Waals surface area contributed by atoms with Crippen LogP contribution < -0.4 is 4.72 Å². The number of carboxylic acid groups (broad SMARTS) is 1. The highest BCUT2D eigenvalue weighted by molar-refractivity contribution is 7.89. The van der Waals surface area contributed by atoms with Gasteiger partial charge in [0.2, 0.25) is 0 Å². The maximum absolute atomic E-state index is 12.0. The summed E-state index contributed by atoms with van der Waals surface area (Å²) < 4.78 is 26.5. The zero-order valence-electron chi connectivity index (χ0n) is 10.7. The van der Waals surface area contributed by atoms with Crippen LogP contribution in [0, 0.1) is 5.41 Å². The van der Waals surface area contributed by atoms with Crippen molar-refractivity contribution in [2.24, 2.45) is 5.41 Å². The fourth-order valence-electron chi connectivity index (χ4n) is 1.92. The molecule has 0 amide bonds. The molecule has 20 heavy (non-hydrogen) atoms. The van der Waals surface area contributed by atoms with E-state index in [0.717, 1.165) is 25.1 Å². The molecule has 1 heterocycles. The molecule has 7 nitrogen and oxygen atoms in total. The van der Waals surface area contributed by atoms with E-state index in [-0.39, 0.29) is 29.2 Å². The van der Waals surface area contributed by atoms with Crippen molar-refractivity contribution < 1.29 is 23.4 Å². The van der Waals surface area contributed by atoms with Gasteiger partial charge in [-0.1, -0.05) is 0 Å². The Morgan fingerprint density at radius 2 is 2.10 bits per heavy atom. The van der Waals surface area contributed by atoms with Gasteiger partial charge in [-0.15, -0.1) is 0 Å². The average Bonchev–Trinajstić information content (AvgIpc) is 3.18. The van der Waals surface area contributed by atoms with Crippen LogP contribution in [-0.4, -0.2) is 42.7 Å². The molecular weight excluding hydrogens is 284 g/mol. The Morgan fingerprint density at radius 1 is 1.40 bits per heavy atom. The van der Waals surface area contributed by atoms with E-state index in [1.807, 2.05) is 0 Å². The van der Waals surface area contributed by atoms with Crippen molar-refractivity contribution in [3.05, 3.63) is 23.9 Å². The number of carboxylic acids is 1. The third-order valence-corrected chi connectivity index (χ3v) is 4.81. The van der Waals surface area contributed by atoms with E-state index in [0.29, 0.717) is 6.42 Å². The highest BCUT2D eigenvalue weighted by Crippen LogP contribution is 2.48. The summed E-state index contributed by atoms with van der Waals surface area (Å²) in [5.41, 5.74) is -0.203. The molecule has 0 aliphatic heterocycles. The second kappa shape index (κ2) is 5.47. The molecule has 0 atom stereocenters. The Bertz CT molecular complexity index is 593. The first-order valence-corrected chi connectivity index (χ1v) is 7.67. The number of sulfonamides is 1. The van der Waals surface area contributed by atoms with Crippen LogP contribution in [0.25, 0.3) is 0 Å². The van der Waals surface area contributed by atoms with Crippen LogP contribution in [-0.2, 0) is 10.0 Å². The van der Waals surface area contributed by atoms with Crippen molar-refractivity contribution in [1.29, 1.82) is 0 Å². The lowest BCUT2D eigenvalue weighted by Crippen LogP contribution is -2.31. The molecule has 2 rings (SSSR count). The predicted octanol–water partition coefficient (Wildman–Crippen LogP) is 0.221. The Morgan fingerprint density at radius 3 is 2.55 bits per heavy atom. The molecule has 0 radical (unpaired) electrons. The van der Waals surface area contributed by atoms with Crippen LogP contribution in [0.1, 0.15) is 29.6 Å². The zero-order chi connectivity index (χ0) is 14.8. The molecule has 110 valence electrons. The molecule has 1 aromatic rings. The minimum Gasteiger partial charge on any atom is -0.478 e. The van der Waals surface area contributed by atoms with Gasteiger partial charge in [-0.05, 0) is 36.8 Å². The minimum atomic E-state index is -3.75. The topological polar surface area (TPSA) is 117 Å². The first-order chi connectivity index (χ1) is 9.38. The number of nitrogens with one attached hydrogen (secondary N) is 1. The van der Waals surface area contributed by atoms with Crippen LogP contribution >= 0.6 is 0 Å². The molecule has 8 heteroatoms. The molecular formula is C12H16N2O5S. The van der Waals surface area contributed by atoms with E-state index in [1.54, 1.807) is 0 Å². The molecule has 0 bridgehead atoms. The Kier molecular flexibility index (Phi) is 4.07. The third-order valence-electron chi connectivity index (χ3n) is 3.50. The SMILES string of the molecule is O=C(O)c1ccc(S(=O)(=O)NCC2(CCO)CC2)nc1. The largest absolute Gasteiger partial charge is 0.478 e. The van der Waals surface area contributed by atoms with Gasteiger partial charge >= 0.3 is 5.97 Å². The van der Waals surface area contributed by atoms with Gasteiger partial charge in [-0.2, -0.15) is 0 Å². The van der Waals surface area contributed by atoms with Crippen LogP contribution in [0.5, 0.6) is 0 Å². The standard InChI is InChI=1S/C12H16N2O5S/c15-6-5-12(3-4-12)8-14-20(18,19)10-2-1-9(7-13-10)11(16)17/h1-2,7,14-15H,3-6,8H2,(H,16,17). The maximum atomic E-state index is 12.0. The predicted molar refractivity (Wildman–Crippen MR) is 69.8 cm³/mol. The number of rotatable bonds is 7. The van der Waals surface area contributed by atoms with E-state index in [2.05, 4.69) is 9.71 Å². The van der Waals surface area contributed by atoms with E-state index in [9.17, 15) is 13.2 Å². The molecule has 0 saturated heterocycles. The fraction of sp³-hybridized carbons (Fsp3) is 0.500. The first-order valence-electron chi connectivity index (χ1n) is 6.18. The highest BCUT2D eigenvalue weighted by Gasteiger charge is 2.42. The van der Waals surface area contributed by atoms with Gasteiger partial charge in [0.15, 0.2) is 5.03 Å². The average molecular weight is 300 g/mol. The lowest BCUT2D eigenvalue weighted by molar-refractivity contribution is 0.0696. The van der Waals surface area contributed by atoms with Gasteiger partial charge in [0.1, 0.15) is 0 Å². The molecule has 1 fully saturated rings. The smallest absolute Gasteiger partial charge is 0.337 e. The summed E-state index contributed by atoms with van der Waals surface area (Å²) in [5.74, 6) is -1.16. The Labute approximate surface area is 116 Å². The molecule has 1 aliphatic rings. The fourth-order valence-corrected chi connectivity index (χ4v) is 3.00. The van der Waals surface area contributed by atoms with E-state index < -0.39 is 16.0 Å². The number of nitrogens with zero attached hydrogens (tertiary/aromatic N) is 1. The number of carbonyl (C=O) groups is 1. The molecule has 0 spiro atoms. The summed E-state index contributed by atoms with van der Waals surface area (Å²) in [5, 5.41) is 17.4. The van der Waals surface area contributed by atoms with Gasteiger partial charge < -0.3 is 10.2 Å². The van der Waals surface area contributed by atoms with Gasteiger partial charge in [0.05, 0.1) is 5.56 Å². The van der Waals surface area contributed by atoms with Crippen LogP contribution in [0.4, 0.5) is 0 Å². The Balaban J connectivity index is 2.05. The normalized spacial score (nSPS) is 16.9. The second-order valence-corrected chi connectivity index (χ2v) is 6.70. The van der Waals surface area contributed by atoms with Gasteiger partial charge in [0, 0.05) is 19.3 Å². The quantitative estimate of drug-likeness (QED) is 0.663. The Hall–Kier alpha value is -1.51. The number of aromatic carboxylic acids is 1. The highest BCUT2D eigenvalue weighted by atomic mass is 32.2. The van der Waals surface area contributed by atoms with Crippen molar-refractivity contribution in [1.82, 2.24) is 9.71 Å². The van der Waals surface area contributed by atoms with Crippen LogP contribution in [0.15, 0.2) is 23.4 Å². The molecule has 0 unspecified atom stereocenters. The summed E-state index contributed by atoms with van der Waals surface area (Å²) in [6, 6.07) is 2.36. The summed E-state index contributed by atoms with van der Waals surface area (Å²) in [7, 11) is -3.75. The molecule has 1 aromatic heterocycles. The summed E-state index contributed by atoms with van der Waals surface area (Å²) >= 11 is 0. The number of pyridine rings is 1. The number of hydrogen-bond acceptors (Lipinski definition) is 5. The third kappa shape index (κ3) is 3.33. The molecule has 1 aliphatic carbocycles. The number of hydrogen-bond donors (Lipinski definition) is 3. The molecule has 0 aromatic carbocycles. The summed E-state index contributed by atoms with van der Waals surface area (Å²) in [6.07, 6.45) is 3.36. The lowest BCUT2D eigenvalue weighted by atomic mass is 10.0. The van der Waals surface area contributed by atoms with E-state index in [1.165, 1.54) is 6.07 Å². The minimum absolute atomic E-state index is 0.0350. The van der Waals surface area contributed by atoms with Crippen molar-refractivity contribution in [2.75, 3.05) is 13.2 Å². The van der Waals surface area contributed by atoms with Crippen molar-refractivity contribution in [3.8, 4) is 0 Å². The maximum Gasteiger partial charge on any atom is 0.337 e. The lowest BCUT2D eigenvalue weighted by Gasteiger charge is -2.14. The molecule has 1 saturated carbocycles. The first kappa shape index (κ1) is 14.9.